The zero-order chi connectivity index (χ0) is 22.9. The van der Waals surface area contributed by atoms with E-state index in [4.69, 9.17) is 4.74 Å². The molecular formula is C22H21F3N4O2S. The Kier molecular flexibility index (Phi) is 6.05. The molecule has 2 N–H and O–H groups in total. The van der Waals surface area contributed by atoms with Crippen molar-refractivity contribution in [3.05, 3.63) is 65.9 Å². The predicted octanol–water partition coefficient (Wildman–Crippen LogP) is 5.53. The number of anilines is 2. The van der Waals surface area contributed by atoms with E-state index in [-0.39, 0.29) is 17.8 Å². The van der Waals surface area contributed by atoms with E-state index in [0.717, 1.165) is 9.58 Å². The highest BCUT2D eigenvalue weighted by molar-refractivity contribution is 7.98. The lowest BCUT2D eigenvalue weighted by Gasteiger charge is -2.34. The number of alkyl halides is 3. The highest BCUT2D eigenvalue weighted by Gasteiger charge is 2.47. The van der Waals surface area contributed by atoms with Gasteiger partial charge in [-0.1, -0.05) is 24.3 Å². The van der Waals surface area contributed by atoms with Crippen molar-refractivity contribution in [2.45, 2.75) is 29.6 Å². The molecule has 32 heavy (non-hydrogen) atoms. The summed E-state index contributed by atoms with van der Waals surface area (Å²) in [5.74, 6) is 0.115. The van der Waals surface area contributed by atoms with E-state index in [1.165, 1.54) is 25.1 Å². The van der Waals surface area contributed by atoms with Crippen LogP contribution in [0.25, 0.3) is 0 Å². The minimum Gasteiger partial charge on any atom is -0.497 e. The van der Waals surface area contributed by atoms with E-state index in [9.17, 15) is 18.0 Å². The summed E-state index contributed by atoms with van der Waals surface area (Å²) in [7, 11) is 1.52. The summed E-state index contributed by atoms with van der Waals surface area (Å²) in [6, 6.07) is 11.5. The molecule has 0 fully saturated rings. The zero-order valence-corrected chi connectivity index (χ0v) is 18.1. The molecule has 4 rings (SSSR count). The molecular weight excluding hydrogens is 441 g/mol. The predicted molar refractivity (Wildman–Crippen MR) is 117 cm³/mol. The average Bonchev–Trinajstić information content (AvgIpc) is 3.22. The van der Waals surface area contributed by atoms with E-state index < -0.39 is 24.2 Å². The number of carbonyl (C=O) groups is 1. The number of carbonyl (C=O) groups excluding carboxylic acids is 1. The van der Waals surface area contributed by atoms with Gasteiger partial charge in [-0.15, -0.1) is 11.8 Å². The van der Waals surface area contributed by atoms with Gasteiger partial charge < -0.3 is 15.4 Å². The number of benzene rings is 2. The maximum atomic E-state index is 13.9. The van der Waals surface area contributed by atoms with Crippen molar-refractivity contribution in [3.8, 4) is 5.75 Å². The highest BCUT2D eigenvalue weighted by atomic mass is 32.2. The summed E-state index contributed by atoms with van der Waals surface area (Å²) < 4.78 is 47.6. The third-order valence-electron chi connectivity index (χ3n) is 5.36. The Morgan fingerprint density at radius 2 is 1.94 bits per heavy atom. The fraction of sp³-hybridized carbons (Fsp3) is 0.273. The quantitative estimate of drug-likeness (QED) is 0.489. The van der Waals surface area contributed by atoms with Crippen LogP contribution in [0.1, 0.15) is 34.4 Å². The van der Waals surface area contributed by atoms with Crippen molar-refractivity contribution in [1.29, 1.82) is 0 Å². The molecule has 0 radical (unpaired) electrons. The van der Waals surface area contributed by atoms with Crippen LogP contribution in [0.5, 0.6) is 5.75 Å². The first-order chi connectivity index (χ1) is 15.3. The number of ether oxygens (including phenoxy) is 1. The summed E-state index contributed by atoms with van der Waals surface area (Å²) in [5.41, 5.74) is 1.29. The van der Waals surface area contributed by atoms with Crippen LogP contribution in [0, 0.1) is 0 Å². The molecule has 3 aromatic rings. The second-order valence-electron chi connectivity index (χ2n) is 7.27. The molecule has 1 amide bonds. The fourth-order valence-corrected chi connectivity index (χ4v) is 4.27. The van der Waals surface area contributed by atoms with Gasteiger partial charge in [0.2, 0.25) is 0 Å². The van der Waals surface area contributed by atoms with Crippen LogP contribution >= 0.6 is 11.8 Å². The van der Waals surface area contributed by atoms with E-state index in [2.05, 4.69) is 15.7 Å². The topological polar surface area (TPSA) is 68.2 Å². The van der Waals surface area contributed by atoms with Crippen LogP contribution in [0.2, 0.25) is 0 Å². The van der Waals surface area contributed by atoms with Gasteiger partial charge in [0.25, 0.3) is 5.91 Å². The van der Waals surface area contributed by atoms with Gasteiger partial charge >= 0.3 is 6.18 Å². The normalized spacial score (nSPS) is 17.9. The molecule has 1 aromatic heterocycles. The SMILES string of the molecule is COc1ccc([C@@H]2C[C@@H](C(F)(F)F)n3ncc(C(=O)Nc4ccccc4SC)c3N2)cc1. The Balaban J connectivity index is 1.68. The third kappa shape index (κ3) is 4.27. The molecule has 6 nitrogen and oxygen atoms in total. The number of thioether (sulfide) groups is 1. The van der Waals surface area contributed by atoms with Gasteiger partial charge in [0, 0.05) is 11.3 Å². The maximum Gasteiger partial charge on any atom is 0.410 e. The number of hydrogen-bond acceptors (Lipinski definition) is 5. The molecule has 10 heteroatoms. The summed E-state index contributed by atoms with van der Waals surface area (Å²) in [5, 5.41) is 9.79. The molecule has 1 aliphatic heterocycles. The molecule has 2 aromatic carbocycles. The number of rotatable bonds is 5. The second kappa shape index (κ2) is 8.78. The minimum absolute atomic E-state index is 0.0403. The summed E-state index contributed by atoms with van der Waals surface area (Å²) in [6.07, 6.45) is -1.72. The fourth-order valence-electron chi connectivity index (χ4n) is 3.72. The van der Waals surface area contributed by atoms with Crippen LogP contribution in [0.4, 0.5) is 24.7 Å². The van der Waals surface area contributed by atoms with Crippen molar-refractivity contribution < 1.29 is 22.7 Å². The van der Waals surface area contributed by atoms with Gasteiger partial charge in [0.1, 0.15) is 17.1 Å². The van der Waals surface area contributed by atoms with Crippen molar-refractivity contribution >= 4 is 29.2 Å². The number of nitrogens with zero attached hydrogens (tertiary/aromatic N) is 2. The first-order valence-electron chi connectivity index (χ1n) is 9.81. The number of hydrogen-bond donors (Lipinski definition) is 2. The number of methoxy groups -OCH3 is 1. The largest absolute Gasteiger partial charge is 0.497 e. The van der Waals surface area contributed by atoms with Gasteiger partial charge in [-0.2, -0.15) is 18.3 Å². The third-order valence-corrected chi connectivity index (χ3v) is 6.15. The lowest BCUT2D eigenvalue weighted by atomic mass is 9.96. The molecule has 168 valence electrons. The Morgan fingerprint density at radius 3 is 2.59 bits per heavy atom. The molecule has 0 spiro atoms. The van der Waals surface area contributed by atoms with Gasteiger partial charge in [0.05, 0.1) is 25.0 Å². The smallest absolute Gasteiger partial charge is 0.410 e. The molecule has 0 saturated carbocycles. The standard InChI is InChI=1S/C22H21F3N4O2S/c1-31-14-9-7-13(8-10-14)17-11-19(22(23,24)25)29-20(27-17)15(12-26-29)21(30)28-16-5-3-4-6-18(16)32-2/h3-10,12,17,19,27H,11H2,1-2H3,(H,28,30)/t17-,19-/m0/s1. The Hall–Kier alpha value is -3.14. The monoisotopic (exact) mass is 462 g/mol. The minimum atomic E-state index is -4.52. The van der Waals surface area contributed by atoms with Crippen molar-refractivity contribution in [1.82, 2.24) is 9.78 Å². The Bertz CT molecular complexity index is 1120. The van der Waals surface area contributed by atoms with Gasteiger partial charge in [-0.05, 0) is 36.1 Å². The Labute approximate surface area is 187 Å². The number of aromatic nitrogens is 2. The first kappa shape index (κ1) is 22.1. The van der Waals surface area contributed by atoms with Crippen molar-refractivity contribution in [2.24, 2.45) is 0 Å². The lowest BCUT2D eigenvalue weighted by molar-refractivity contribution is -0.173. The van der Waals surface area contributed by atoms with Gasteiger partial charge in [-0.25, -0.2) is 4.68 Å². The number of nitrogens with one attached hydrogen (secondary N) is 2. The molecule has 0 aliphatic carbocycles. The molecule has 0 unspecified atom stereocenters. The number of amides is 1. The van der Waals surface area contributed by atoms with Crippen molar-refractivity contribution in [2.75, 3.05) is 24.0 Å². The van der Waals surface area contributed by atoms with Crippen LogP contribution in [0.3, 0.4) is 0 Å². The van der Waals surface area contributed by atoms with Gasteiger partial charge in [-0.3, -0.25) is 4.79 Å². The van der Waals surface area contributed by atoms with E-state index in [1.54, 1.807) is 36.4 Å². The molecule has 0 bridgehead atoms. The highest BCUT2D eigenvalue weighted by Crippen LogP contribution is 2.44. The van der Waals surface area contributed by atoms with Crippen LogP contribution in [0.15, 0.2) is 59.6 Å². The van der Waals surface area contributed by atoms with Gasteiger partial charge in [0.15, 0.2) is 6.04 Å². The van der Waals surface area contributed by atoms with Crippen molar-refractivity contribution in [3.63, 3.8) is 0 Å². The van der Waals surface area contributed by atoms with Crippen LogP contribution in [-0.2, 0) is 0 Å². The lowest BCUT2D eigenvalue weighted by Crippen LogP contribution is -2.36. The maximum absolute atomic E-state index is 13.9. The van der Waals surface area contributed by atoms with E-state index in [0.29, 0.717) is 17.0 Å². The molecule has 1 aliphatic rings. The Morgan fingerprint density at radius 1 is 1.22 bits per heavy atom. The molecule has 2 atom stereocenters. The zero-order valence-electron chi connectivity index (χ0n) is 17.3. The summed E-state index contributed by atoms with van der Waals surface area (Å²) in [6.45, 7) is 0. The number of halogens is 3. The summed E-state index contributed by atoms with van der Waals surface area (Å²) in [4.78, 5) is 13.8. The second-order valence-corrected chi connectivity index (χ2v) is 8.12. The first-order valence-corrected chi connectivity index (χ1v) is 11.0. The number of fused-ring (bicyclic) bond motifs is 1. The van der Waals surface area contributed by atoms with E-state index >= 15 is 0 Å². The molecule has 0 saturated heterocycles. The van der Waals surface area contributed by atoms with Crippen LogP contribution in [-0.4, -0.2) is 35.2 Å². The van der Waals surface area contributed by atoms with E-state index in [1.807, 2.05) is 18.4 Å². The number of para-hydroxylation sites is 1. The summed E-state index contributed by atoms with van der Waals surface area (Å²) >= 11 is 1.46. The van der Waals surface area contributed by atoms with Crippen LogP contribution < -0.4 is 15.4 Å². The molecule has 2 heterocycles. The average molecular weight is 462 g/mol.